The molecule has 8 nitrogen and oxygen atoms in total. The molecular formula is C23H23N5O3S. The Morgan fingerprint density at radius 3 is 2.81 bits per heavy atom. The van der Waals surface area contributed by atoms with E-state index in [1.165, 1.54) is 21.7 Å². The second-order valence-electron chi connectivity index (χ2n) is 7.37. The second-order valence-corrected chi connectivity index (χ2v) is 8.40. The lowest BCUT2D eigenvalue weighted by Gasteiger charge is -2.06. The minimum absolute atomic E-state index is 0.182. The summed E-state index contributed by atoms with van der Waals surface area (Å²) in [4.78, 5) is 30.7. The van der Waals surface area contributed by atoms with E-state index in [1.54, 1.807) is 19.5 Å². The number of methoxy groups -OCH3 is 1. The minimum Gasteiger partial charge on any atom is -0.497 e. The molecule has 0 radical (unpaired) electrons. The maximum atomic E-state index is 12.8. The first-order valence-electron chi connectivity index (χ1n) is 10.0. The van der Waals surface area contributed by atoms with Crippen molar-refractivity contribution < 1.29 is 9.53 Å². The van der Waals surface area contributed by atoms with Gasteiger partial charge in [0.1, 0.15) is 17.3 Å². The molecule has 0 unspecified atom stereocenters. The van der Waals surface area contributed by atoms with Crippen molar-refractivity contribution in [3.05, 3.63) is 82.0 Å². The van der Waals surface area contributed by atoms with Gasteiger partial charge in [-0.1, -0.05) is 41.6 Å². The van der Waals surface area contributed by atoms with Crippen molar-refractivity contribution in [3.63, 3.8) is 0 Å². The van der Waals surface area contributed by atoms with Gasteiger partial charge in [0, 0.05) is 23.8 Å². The van der Waals surface area contributed by atoms with E-state index in [1.807, 2.05) is 50.2 Å². The summed E-state index contributed by atoms with van der Waals surface area (Å²) in [5.74, 6) is 0.407. The highest BCUT2D eigenvalue weighted by Gasteiger charge is 2.15. The van der Waals surface area contributed by atoms with Gasteiger partial charge in [-0.05, 0) is 43.2 Å². The molecule has 32 heavy (non-hydrogen) atoms. The highest BCUT2D eigenvalue weighted by molar-refractivity contribution is 7.99. The fourth-order valence-corrected chi connectivity index (χ4v) is 4.20. The number of nitrogens with one attached hydrogen (secondary N) is 1. The Kier molecular flexibility index (Phi) is 6.27. The van der Waals surface area contributed by atoms with E-state index in [-0.39, 0.29) is 18.1 Å². The molecule has 164 valence electrons. The summed E-state index contributed by atoms with van der Waals surface area (Å²) in [7, 11) is 1.59. The fourth-order valence-electron chi connectivity index (χ4n) is 3.29. The summed E-state index contributed by atoms with van der Waals surface area (Å²) >= 11 is 1.45. The van der Waals surface area contributed by atoms with Crippen molar-refractivity contribution in [2.45, 2.75) is 36.9 Å². The number of hydrogen-bond donors (Lipinski definition) is 1. The van der Waals surface area contributed by atoms with Crippen LogP contribution < -0.4 is 15.7 Å². The number of hydrogen-bond acceptors (Lipinski definition) is 6. The van der Waals surface area contributed by atoms with Gasteiger partial charge in [-0.15, -0.1) is 5.10 Å². The summed E-state index contributed by atoms with van der Waals surface area (Å²) < 4.78 is 7.76. The average Bonchev–Trinajstić information content (AvgIpc) is 3.10. The molecule has 0 saturated carbocycles. The van der Waals surface area contributed by atoms with E-state index in [0.29, 0.717) is 17.2 Å². The van der Waals surface area contributed by atoms with Crippen molar-refractivity contribution in [1.82, 2.24) is 24.5 Å². The van der Waals surface area contributed by atoms with Crippen LogP contribution in [0.3, 0.4) is 0 Å². The predicted molar refractivity (Wildman–Crippen MR) is 122 cm³/mol. The Morgan fingerprint density at radius 1 is 1.19 bits per heavy atom. The van der Waals surface area contributed by atoms with Crippen molar-refractivity contribution >= 4 is 23.3 Å². The third kappa shape index (κ3) is 4.67. The molecule has 0 atom stereocenters. The van der Waals surface area contributed by atoms with E-state index in [4.69, 9.17) is 4.74 Å². The van der Waals surface area contributed by atoms with Crippen molar-refractivity contribution in [3.8, 4) is 5.75 Å². The van der Waals surface area contributed by atoms with Crippen LogP contribution in [0.1, 0.15) is 16.7 Å². The smallest absolute Gasteiger partial charge is 0.350 e. The van der Waals surface area contributed by atoms with E-state index < -0.39 is 0 Å². The van der Waals surface area contributed by atoms with Crippen LogP contribution in [-0.2, 0) is 17.9 Å². The number of aromatic nitrogens is 4. The first-order valence-corrected chi connectivity index (χ1v) is 10.8. The summed E-state index contributed by atoms with van der Waals surface area (Å²) in [6.45, 7) is 4.22. The monoisotopic (exact) mass is 449 g/mol. The number of fused-ring (bicyclic) bond motifs is 1. The quantitative estimate of drug-likeness (QED) is 0.467. The van der Waals surface area contributed by atoms with Gasteiger partial charge >= 0.3 is 5.69 Å². The molecule has 0 saturated heterocycles. The molecule has 2 aromatic heterocycles. The average molecular weight is 450 g/mol. The van der Waals surface area contributed by atoms with E-state index in [9.17, 15) is 9.59 Å². The first kappa shape index (κ1) is 21.6. The van der Waals surface area contributed by atoms with Crippen LogP contribution in [0.2, 0.25) is 0 Å². The number of ether oxygens (including phenoxy) is 1. The van der Waals surface area contributed by atoms with Crippen LogP contribution in [0.25, 0.3) is 5.65 Å². The van der Waals surface area contributed by atoms with Crippen molar-refractivity contribution in [2.24, 2.45) is 0 Å². The largest absolute Gasteiger partial charge is 0.497 e. The van der Waals surface area contributed by atoms with Gasteiger partial charge in [0.15, 0.2) is 5.65 Å². The highest BCUT2D eigenvalue weighted by Crippen LogP contribution is 2.31. The van der Waals surface area contributed by atoms with Gasteiger partial charge in [0.2, 0.25) is 5.91 Å². The Bertz CT molecular complexity index is 1350. The molecule has 2 aromatic carbocycles. The normalized spacial score (nSPS) is 11.0. The molecule has 0 aliphatic rings. The van der Waals surface area contributed by atoms with E-state index >= 15 is 0 Å². The zero-order valence-corrected chi connectivity index (χ0v) is 18.8. The summed E-state index contributed by atoms with van der Waals surface area (Å²) in [6.07, 6.45) is 3.12. The number of benzene rings is 2. The molecule has 9 heteroatoms. The number of carbonyl (C=O) groups excluding carboxylic acids is 1. The number of carbonyl (C=O) groups is 1. The number of amides is 1. The number of nitrogens with zero attached hydrogens (tertiary/aromatic N) is 4. The molecule has 0 fully saturated rings. The van der Waals surface area contributed by atoms with Gasteiger partial charge in [-0.25, -0.2) is 18.9 Å². The van der Waals surface area contributed by atoms with Crippen LogP contribution in [0.15, 0.2) is 69.6 Å². The number of aryl methyl sites for hydroxylation is 2. The zero-order valence-electron chi connectivity index (χ0n) is 18.0. The molecule has 0 spiro atoms. The van der Waals surface area contributed by atoms with Crippen LogP contribution in [0.5, 0.6) is 5.75 Å². The number of rotatable bonds is 7. The molecule has 0 aliphatic heterocycles. The lowest BCUT2D eigenvalue weighted by molar-refractivity contribution is -0.122. The van der Waals surface area contributed by atoms with Gasteiger partial charge in [0.25, 0.3) is 0 Å². The molecule has 4 rings (SSSR count). The molecule has 1 N–H and O–H groups in total. The maximum Gasteiger partial charge on any atom is 0.350 e. The molecule has 0 bridgehead atoms. The van der Waals surface area contributed by atoms with E-state index in [2.05, 4.69) is 21.5 Å². The molecule has 0 aliphatic carbocycles. The minimum atomic E-state index is -0.388. The summed E-state index contributed by atoms with van der Waals surface area (Å²) in [5.41, 5.74) is 3.23. The van der Waals surface area contributed by atoms with Crippen LogP contribution in [0, 0.1) is 13.8 Å². The second kappa shape index (κ2) is 9.27. The lowest BCUT2D eigenvalue weighted by atomic mass is 10.2. The summed E-state index contributed by atoms with van der Waals surface area (Å²) in [6, 6.07) is 13.6. The van der Waals surface area contributed by atoms with E-state index in [0.717, 1.165) is 26.5 Å². The van der Waals surface area contributed by atoms with Gasteiger partial charge in [0.05, 0.1) is 7.11 Å². The van der Waals surface area contributed by atoms with Crippen molar-refractivity contribution in [1.29, 1.82) is 0 Å². The standard InChI is InChI=1S/C23H23N5O3S/c1-15-7-8-19(16(2)11-15)32-22-21-26-28(23(30)27(21)10-9-24-22)14-20(29)25-13-17-5-4-6-18(12-17)31-3/h4-12H,13-14H2,1-3H3,(H,25,29). The van der Waals surface area contributed by atoms with Gasteiger partial charge < -0.3 is 10.1 Å². The fraction of sp³-hybridized carbons (Fsp3) is 0.217. The predicted octanol–water partition coefficient (Wildman–Crippen LogP) is 2.98. The molecular weight excluding hydrogens is 426 g/mol. The Hall–Kier alpha value is -3.59. The molecule has 1 amide bonds. The summed E-state index contributed by atoms with van der Waals surface area (Å²) in [5, 5.41) is 7.80. The van der Waals surface area contributed by atoms with Crippen LogP contribution in [0.4, 0.5) is 0 Å². The first-order chi connectivity index (χ1) is 15.4. The Morgan fingerprint density at radius 2 is 2.03 bits per heavy atom. The molecule has 4 aromatic rings. The topological polar surface area (TPSA) is 90.5 Å². The lowest BCUT2D eigenvalue weighted by Crippen LogP contribution is -2.32. The SMILES string of the molecule is COc1cccc(CNC(=O)Cn2nc3c(Sc4ccc(C)cc4C)nccn3c2=O)c1. The van der Waals surface area contributed by atoms with Gasteiger partial charge in [-0.3, -0.25) is 4.79 Å². The zero-order chi connectivity index (χ0) is 22.7. The maximum absolute atomic E-state index is 12.8. The van der Waals surface area contributed by atoms with Crippen molar-refractivity contribution in [2.75, 3.05) is 7.11 Å². The third-order valence-corrected chi connectivity index (χ3v) is 6.08. The Labute approximate surface area is 189 Å². The van der Waals surface area contributed by atoms with Crippen LogP contribution >= 0.6 is 11.8 Å². The third-order valence-electron chi connectivity index (χ3n) is 4.92. The Balaban J connectivity index is 1.52. The highest BCUT2D eigenvalue weighted by atomic mass is 32.2. The van der Waals surface area contributed by atoms with Gasteiger partial charge in [-0.2, -0.15) is 0 Å². The van der Waals surface area contributed by atoms with Crippen LogP contribution in [-0.4, -0.2) is 32.2 Å². The molecule has 2 heterocycles.